The number of methoxy groups -OCH3 is 1. The van der Waals surface area contributed by atoms with Crippen LogP contribution in [0.3, 0.4) is 0 Å². The maximum absolute atomic E-state index is 6.47. The van der Waals surface area contributed by atoms with E-state index >= 15 is 0 Å². The normalized spacial score (nSPS) is 21.0. The van der Waals surface area contributed by atoms with Gasteiger partial charge in [-0.05, 0) is 19.3 Å². The molecule has 1 aliphatic carbocycles. The quantitative estimate of drug-likeness (QED) is 0.830. The Balaban J connectivity index is 2.14. The summed E-state index contributed by atoms with van der Waals surface area (Å²) in [4.78, 5) is 4.51. The summed E-state index contributed by atoms with van der Waals surface area (Å²) in [7, 11) is 1.68. The topological polar surface area (TPSA) is 74.2 Å². The second kappa shape index (κ2) is 6.48. The maximum Gasteiger partial charge on any atom is 0.246 e. The van der Waals surface area contributed by atoms with E-state index in [1.54, 1.807) is 7.11 Å². The first kappa shape index (κ1) is 14.5. The molecule has 108 valence electrons. The van der Waals surface area contributed by atoms with Crippen molar-refractivity contribution >= 4 is 0 Å². The first-order valence-corrected chi connectivity index (χ1v) is 7.35. The average molecular weight is 267 g/mol. The Hall–Kier alpha value is -0.940. The largest absolute Gasteiger partial charge is 0.373 e. The van der Waals surface area contributed by atoms with Crippen LogP contribution in [0, 0.1) is 0 Å². The number of hydrogen-bond donors (Lipinski definition) is 1. The summed E-state index contributed by atoms with van der Waals surface area (Å²) < 4.78 is 10.8. The van der Waals surface area contributed by atoms with Crippen molar-refractivity contribution < 1.29 is 9.26 Å². The molecule has 19 heavy (non-hydrogen) atoms. The highest BCUT2D eigenvalue weighted by Gasteiger charge is 2.34. The summed E-state index contributed by atoms with van der Waals surface area (Å²) in [5, 5.41) is 4.07. The predicted molar refractivity (Wildman–Crippen MR) is 72.5 cm³/mol. The van der Waals surface area contributed by atoms with E-state index in [4.69, 9.17) is 15.0 Å². The van der Waals surface area contributed by atoms with Crippen LogP contribution < -0.4 is 5.73 Å². The van der Waals surface area contributed by atoms with E-state index in [9.17, 15) is 0 Å². The molecule has 2 rings (SSSR count). The van der Waals surface area contributed by atoms with Crippen LogP contribution in [-0.2, 0) is 10.3 Å². The lowest BCUT2D eigenvalue weighted by molar-refractivity contribution is 0.0854. The first-order valence-electron chi connectivity index (χ1n) is 7.35. The van der Waals surface area contributed by atoms with Gasteiger partial charge in [0.15, 0.2) is 0 Å². The van der Waals surface area contributed by atoms with Crippen molar-refractivity contribution in [2.75, 3.05) is 7.11 Å². The van der Waals surface area contributed by atoms with Gasteiger partial charge in [-0.3, -0.25) is 0 Å². The van der Waals surface area contributed by atoms with Gasteiger partial charge in [0.2, 0.25) is 11.7 Å². The van der Waals surface area contributed by atoms with Crippen LogP contribution in [0.4, 0.5) is 0 Å². The minimum Gasteiger partial charge on any atom is -0.373 e. The third kappa shape index (κ3) is 3.34. The van der Waals surface area contributed by atoms with E-state index < -0.39 is 5.54 Å². The minimum absolute atomic E-state index is 0.0862. The van der Waals surface area contributed by atoms with Crippen LogP contribution in [0.25, 0.3) is 0 Å². The molecule has 0 aromatic carbocycles. The van der Waals surface area contributed by atoms with Gasteiger partial charge in [-0.15, -0.1) is 0 Å². The van der Waals surface area contributed by atoms with Gasteiger partial charge in [0.05, 0.1) is 5.54 Å². The summed E-state index contributed by atoms with van der Waals surface area (Å²) in [5.41, 5.74) is 6.03. The van der Waals surface area contributed by atoms with Crippen molar-refractivity contribution in [3.05, 3.63) is 11.7 Å². The smallest absolute Gasteiger partial charge is 0.246 e. The van der Waals surface area contributed by atoms with E-state index in [0.29, 0.717) is 11.7 Å². The molecule has 1 aromatic heterocycles. The van der Waals surface area contributed by atoms with Crippen LogP contribution in [0.15, 0.2) is 4.52 Å². The number of ether oxygens (including phenoxy) is 1. The van der Waals surface area contributed by atoms with Gasteiger partial charge in [0.1, 0.15) is 6.10 Å². The Morgan fingerprint density at radius 2 is 2.00 bits per heavy atom. The monoisotopic (exact) mass is 267 g/mol. The van der Waals surface area contributed by atoms with Crippen molar-refractivity contribution in [1.29, 1.82) is 0 Å². The van der Waals surface area contributed by atoms with Gasteiger partial charge in [0.25, 0.3) is 0 Å². The lowest BCUT2D eigenvalue weighted by Gasteiger charge is -2.22. The summed E-state index contributed by atoms with van der Waals surface area (Å²) in [6.45, 7) is 2.11. The second-order valence-electron chi connectivity index (χ2n) is 5.54. The molecule has 1 fully saturated rings. The zero-order chi connectivity index (χ0) is 13.7. The highest BCUT2D eigenvalue weighted by Crippen LogP contribution is 2.33. The van der Waals surface area contributed by atoms with Gasteiger partial charge in [-0.2, -0.15) is 4.98 Å². The molecule has 1 aliphatic rings. The standard InChI is InChI=1S/C14H25N3O2/c1-3-8-11(18-2)12-16-13(19-17-12)14(15)9-6-4-5-7-10-14/h11H,3-10,15H2,1-2H3. The molecule has 0 spiro atoms. The Bertz CT molecular complexity index is 384. The molecule has 5 nitrogen and oxygen atoms in total. The lowest BCUT2D eigenvalue weighted by atomic mass is 9.91. The van der Waals surface area contributed by atoms with Gasteiger partial charge in [0, 0.05) is 7.11 Å². The van der Waals surface area contributed by atoms with Crippen LogP contribution in [-0.4, -0.2) is 17.3 Å². The average Bonchev–Trinajstić information content (AvgIpc) is 2.80. The van der Waals surface area contributed by atoms with Crippen molar-refractivity contribution in [2.24, 2.45) is 5.73 Å². The third-order valence-corrected chi connectivity index (χ3v) is 3.99. The number of hydrogen-bond acceptors (Lipinski definition) is 5. The zero-order valence-electron chi connectivity index (χ0n) is 12.0. The molecule has 0 radical (unpaired) electrons. The number of aromatic nitrogens is 2. The Morgan fingerprint density at radius 3 is 2.58 bits per heavy atom. The molecule has 0 aliphatic heterocycles. The van der Waals surface area contributed by atoms with Crippen molar-refractivity contribution in [3.8, 4) is 0 Å². The molecule has 1 unspecified atom stereocenters. The summed E-state index contributed by atoms with van der Waals surface area (Å²) >= 11 is 0. The van der Waals surface area contributed by atoms with Crippen molar-refractivity contribution in [1.82, 2.24) is 10.1 Å². The third-order valence-electron chi connectivity index (χ3n) is 3.99. The molecular weight excluding hydrogens is 242 g/mol. The van der Waals surface area contributed by atoms with Gasteiger partial charge >= 0.3 is 0 Å². The highest BCUT2D eigenvalue weighted by atomic mass is 16.5. The van der Waals surface area contributed by atoms with Crippen LogP contribution >= 0.6 is 0 Å². The summed E-state index contributed by atoms with van der Waals surface area (Å²) in [6.07, 6.45) is 8.46. The van der Waals surface area contributed by atoms with Crippen molar-refractivity contribution in [3.63, 3.8) is 0 Å². The fourth-order valence-electron chi connectivity index (χ4n) is 2.76. The van der Waals surface area contributed by atoms with E-state index in [1.165, 1.54) is 12.8 Å². The maximum atomic E-state index is 6.47. The predicted octanol–water partition coefficient (Wildman–Crippen LogP) is 3.07. The Kier molecular flexibility index (Phi) is 4.93. The number of nitrogens with zero attached hydrogens (tertiary/aromatic N) is 2. The van der Waals surface area contributed by atoms with Crippen molar-refractivity contribution in [2.45, 2.75) is 69.9 Å². The van der Waals surface area contributed by atoms with E-state index in [1.807, 2.05) is 0 Å². The molecule has 5 heteroatoms. The summed E-state index contributed by atoms with van der Waals surface area (Å²) in [6, 6.07) is 0. The molecule has 0 amide bonds. The fourth-order valence-corrected chi connectivity index (χ4v) is 2.76. The second-order valence-corrected chi connectivity index (χ2v) is 5.54. The molecule has 0 saturated heterocycles. The summed E-state index contributed by atoms with van der Waals surface area (Å²) in [5.74, 6) is 1.22. The van der Waals surface area contributed by atoms with Gasteiger partial charge in [-0.1, -0.05) is 44.2 Å². The number of nitrogens with two attached hydrogens (primary N) is 1. The molecule has 2 N–H and O–H groups in total. The molecular formula is C14H25N3O2. The molecule has 0 bridgehead atoms. The molecule has 1 saturated carbocycles. The lowest BCUT2D eigenvalue weighted by Crippen LogP contribution is -2.36. The van der Waals surface area contributed by atoms with E-state index in [2.05, 4.69) is 17.1 Å². The molecule has 1 heterocycles. The first-order chi connectivity index (χ1) is 9.19. The minimum atomic E-state index is -0.438. The molecule has 1 aromatic rings. The molecule has 1 atom stereocenters. The Morgan fingerprint density at radius 1 is 1.32 bits per heavy atom. The van der Waals surface area contributed by atoms with Crippen LogP contribution in [0.5, 0.6) is 0 Å². The Labute approximate surface area is 114 Å². The van der Waals surface area contributed by atoms with E-state index in [0.717, 1.165) is 38.5 Å². The zero-order valence-corrected chi connectivity index (χ0v) is 12.0. The van der Waals surface area contributed by atoms with E-state index in [-0.39, 0.29) is 6.10 Å². The highest BCUT2D eigenvalue weighted by molar-refractivity contribution is 5.04. The van der Waals surface area contributed by atoms with Gasteiger partial charge < -0.3 is 15.0 Å². The van der Waals surface area contributed by atoms with Crippen LogP contribution in [0.1, 0.15) is 76.1 Å². The van der Waals surface area contributed by atoms with Crippen LogP contribution in [0.2, 0.25) is 0 Å². The fraction of sp³-hybridized carbons (Fsp3) is 0.857. The SMILES string of the molecule is CCCC(OC)c1noc(C2(N)CCCCCC2)n1. The van der Waals surface area contributed by atoms with Gasteiger partial charge in [-0.25, -0.2) is 0 Å². The number of rotatable bonds is 5.